The first kappa shape index (κ1) is 23.9. The maximum Gasteiger partial charge on any atom is 0.265 e. The highest BCUT2D eigenvalue weighted by atomic mass is 35.5. The number of hydrogen-bond acceptors (Lipinski definition) is 8. The summed E-state index contributed by atoms with van der Waals surface area (Å²) in [4.78, 5) is 21.0. The molecule has 1 fully saturated rings. The number of ether oxygens (including phenoxy) is 1. The molecule has 3 N–H and O–H groups in total. The summed E-state index contributed by atoms with van der Waals surface area (Å²) in [5, 5.41) is 16.4. The topological polar surface area (TPSA) is 86.7 Å². The van der Waals surface area contributed by atoms with Crippen LogP contribution in [0.2, 0.25) is 5.02 Å². The third-order valence-corrected chi connectivity index (χ3v) is 8.12. The number of carbonyl (C=O) groups excluding carboxylic acids is 1. The van der Waals surface area contributed by atoms with Gasteiger partial charge in [-0.1, -0.05) is 22.9 Å². The summed E-state index contributed by atoms with van der Waals surface area (Å²) in [5.74, 6) is 0.714. The summed E-state index contributed by atoms with van der Waals surface area (Å²) < 4.78 is 7.05. The van der Waals surface area contributed by atoms with Gasteiger partial charge in [-0.05, 0) is 54.6 Å². The van der Waals surface area contributed by atoms with Crippen LogP contribution in [-0.4, -0.2) is 48.3 Å². The summed E-state index contributed by atoms with van der Waals surface area (Å²) >= 11 is 8.79. The number of anilines is 3. The zero-order valence-corrected chi connectivity index (χ0v) is 21.3. The Kier molecular flexibility index (Phi) is 7.38. The highest BCUT2D eigenvalue weighted by Crippen LogP contribution is 2.33. The van der Waals surface area contributed by atoms with Crippen molar-refractivity contribution in [3.8, 4) is 5.75 Å². The van der Waals surface area contributed by atoms with Crippen molar-refractivity contribution in [2.24, 2.45) is 0 Å². The Hall–Kier alpha value is -2.85. The van der Waals surface area contributed by atoms with Gasteiger partial charge in [0.1, 0.15) is 16.7 Å². The molecular formula is C25H25ClN4O3S2. The molecule has 182 valence electrons. The van der Waals surface area contributed by atoms with Crippen molar-refractivity contribution in [3.63, 3.8) is 0 Å². The SMILES string of the molecule is O=C(Nc1ccc(N2CCC(Oc3ccc(Cl)cc3)CC2)cc1)c1cc2sc(NCCO)nc2s1. The number of thiazole rings is 1. The maximum absolute atomic E-state index is 12.7. The number of fused-ring (bicyclic) bond motifs is 1. The fourth-order valence-corrected chi connectivity index (χ4v) is 6.13. The maximum atomic E-state index is 12.7. The fourth-order valence-electron chi connectivity index (χ4n) is 3.97. The van der Waals surface area contributed by atoms with Crippen LogP contribution in [0.5, 0.6) is 5.75 Å². The van der Waals surface area contributed by atoms with E-state index in [4.69, 9.17) is 21.4 Å². The van der Waals surface area contributed by atoms with Crippen molar-refractivity contribution in [1.29, 1.82) is 0 Å². The van der Waals surface area contributed by atoms with Gasteiger partial charge in [0, 0.05) is 48.9 Å². The number of piperidine rings is 1. The first-order valence-corrected chi connectivity index (χ1v) is 13.4. The van der Waals surface area contributed by atoms with Crippen molar-refractivity contribution < 1.29 is 14.6 Å². The minimum absolute atomic E-state index is 0.0523. The van der Waals surface area contributed by atoms with Crippen LogP contribution >= 0.6 is 34.3 Å². The van der Waals surface area contributed by atoms with Gasteiger partial charge in [0.2, 0.25) is 0 Å². The number of halogens is 1. The van der Waals surface area contributed by atoms with Crippen molar-refractivity contribution in [2.45, 2.75) is 18.9 Å². The number of hydrogen-bond donors (Lipinski definition) is 3. The summed E-state index contributed by atoms with van der Waals surface area (Å²) in [6.07, 6.45) is 2.09. The standard InChI is InChI=1S/C25H25ClN4O3S2/c26-16-1-7-19(8-2-16)33-20-9-12-30(13-10-20)18-5-3-17(4-6-18)28-23(32)21-15-22-24(34-21)29-25(35-22)27-11-14-31/h1-8,15,20,31H,9-14H2,(H,27,29)(H,28,32). The van der Waals surface area contributed by atoms with Gasteiger partial charge in [-0.15, -0.1) is 11.3 Å². The van der Waals surface area contributed by atoms with E-state index in [-0.39, 0.29) is 18.6 Å². The van der Waals surface area contributed by atoms with E-state index in [1.807, 2.05) is 54.6 Å². The Balaban J connectivity index is 1.13. The molecule has 10 heteroatoms. The quantitative estimate of drug-likeness (QED) is 0.271. The largest absolute Gasteiger partial charge is 0.490 e. The third-order valence-electron chi connectivity index (χ3n) is 5.75. The predicted octanol–water partition coefficient (Wildman–Crippen LogP) is 5.72. The van der Waals surface area contributed by atoms with Gasteiger partial charge in [0.05, 0.1) is 16.2 Å². The number of carbonyl (C=O) groups is 1. The van der Waals surface area contributed by atoms with Crippen LogP contribution in [0.4, 0.5) is 16.5 Å². The molecule has 0 aliphatic carbocycles. The Morgan fingerprint density at radius 1 is 1.11 bits per heavy atom. The zero-order valence-electron chi connectivity index (χ0n) is 18.9. The molecule has 0 spiro atoms. The molecule has 7 nitrogen and oxygen atoms in total. The van der Waals surface area contributed by atoms with Crippen LogP contribution in [0.25, 0.3) is 9.53 Å². The van der Waals surface area contributed by atoms with E-state index >= 15 is 0 Å². The van der Waals surface area contributed by atoms with Crippen LogP contribution in [0, 0.1) is 0 Å². The number of benzene rings is 2. The molecule has 1 aliphatic rings. The molecule has 1 amide bonds. The molecule has 3 heterocycles. The van der Waals surface area contributed by atoms with E-state index in [1.54, 1.807) is 0 Å². The van der Waals surface area contributed by atoms with E-state index in [1.165, 1.54) is 22.7 Å². The lowest BCUT2D eigenvalue weighted by Gasteiger charge is -2.33. The van der Waals surface area contributed by atoms with Crippen molar-refractivity contribution in [1.82, 2.24) is 4.98 Å². The van der Waals surface area contributed by atoms with Gasteiger partial charge in [-0.25, -0.2) is 4.98 Å². The number of nitrogens with one attached hydrogen (secondary N) is 2. The van der Waals surface area contributed by atoms with Crippen LogP contribution in [-0.2, 0) is 0 Å². The van der Waals surface area contributed by atoms with Crippen LogP contribution in [0.3, 0.4) is 0 Å². The minimum atomic E-state index is -0.141. The van der Waals surface area contributed by atoms with Crippen molar-refractivity contribution in [2.75, 3.05) is 41.8 Å². The van der Waals surface area contributed by atoms with E-state index in [0.29, 0.717) is 16.4 Å². The normalized spacial score (nSPS) is 14.3. The molecule has 35 heavy (non-hydrogen) atoms. The lowest BCUT2D eigenvalue weighted by molar-refractivity contribution is 0.103. The van der Waals surface area contributed by atoms with Gasteiger partial charge in [0.15, 0.2) is 5.13 Å². The Labute approximate surface area is 216 Å². The fraction of sp³-hybridized carbons (Fsp3) is 0.280. The van der Waals surface area contributed by atoms with E-state index in [0.717, 1.165) is 57.7 Å². The second-order valence-electron chi connectivity index (χ2n) is 8.21. The molecule has 4 aromatic rings. The Morgan fingerprint density at radius 2 is 1.86 bits per heavy atom. The lowest BCUT2D eigenvalue weighted by atomic mass is 10.1. The number of amides is 1. The average molecular weight is 529 g/mol. The van der Waals surface area contributed by atoms with Gasteiger partial charge in [-0.2, -0.15) is 0 Å². The second-order valence-corrected chi connectivity index (χ2v) is 10.7. The molecule has 0 saturated carbocycles. The average Bonchev–Trinajstić information content (AvgIpc) is 3.44. The third kappa shape index (κ3) is 5.87. The molecule has 2 aromatic heterocycles. The highest BCUT2D eigenvalue weighted by molar-refractivity contribution is 7.29. The van der Waals surface area contributed by atoms with Gasteiger partial charge < -0.3 is 25.4 Å². The highest BCUT2D eigenvalue weighted by Gasteiger charge is 2.21. The molecule has 0 unspecified atom stereocenters. The Morgan fingerprint density at radius 3 is 2.54 bits per heavy atom. The Bertz CT molecular complexity index is 1250. The molecule has 5 rings (SSSR count). The number of nitrogens with zero attached hydrogens (tertiary/aromatic N) is 2. The number of aliphatic hydroxyl groups excluding tert-OH is 1. The summed E-state index contributed by atoms with van der Waals surface area (Å²) in [6, 6.07) is 17.3. The summed E-state index contributed by atoms with van der Waals surface area (Å²) in [5.41, 5.74) is 1.89. The molecule has 0 atom stereocenters. The molecule has 0 bridgehead atoms. The first-order valence-electron chi connectivity index (χ1n) is 11.4. The molecule has 2 aromatic carbocycles. The van der Waals surface area contributed by atoms with E-state index < -0.39 is 0 Å². The predicted molar refractivity (Wildman–Crippen MR) is 145 cm³/mol. The lowest BCUT2D eigenvalue weighted by Crippen LogP contribution is -2.38. The first-order chi connectivity index (χ1) is 17.1. The van der Waals surface area contributed by atoms with Gasteiger partial charge in [0.25, 0.3) is 5.91 Å². The number of aliphatic hydroxyl groups is 1. The van der Waals surface area contributed by atoms with Crippen LogP contribution in [0.1, 0.15) is 22.5 Å². The number of rotatable bonds is 8. The van der Waals surface area contributed by atoms with E-state index in [2.05, 4.69) is 20.5 Å². The van der Waals surface area contributed by atoms with Crippen LogP contribution < -0.4 is 20.3 Å². The van der Waals surface area contributed by atoms with Crippen molar-refractivity contribution >= 4 is 66.2 Å². The summed E-state index contributed by atoms with van der Waals surface area (Å²) in [7, 11) is 0. The van der Waals surface area contributed by atoms with E-state index in [9.17, 15) is 4.79 Å². The number of aromatic nitrogens is 1. The monoisotopic (exact) mass is 528 g/mol. The van der Waals surface area contributed by atoms with Gasteiger partial charge >= 0.3 is 0 Å². The number of thiophene rings is 1. The van der Waals surface area contributed by atoms with Crippen LogP contribution in [0.15, 0.2) is 54.6 Å². The van der Waals surface area contributed by atoms with Crippen molar-refractivity contribution in [3.05, 3.63) is 64.5 Å². The zero-order chi connectivity index (χ0) is 24.2. The molecule has 1 saturated heterocycles. The second kappa shape index (κ2) is 10.8. The minimum Gasteiger partial charge on any atom is -0.490 e. The smallest absolute Gasteiger partial charge is 0.265 e. The summed E-state index contributed by atoms with van der Waals surface area (Å²) in [6.45, 7) is 2.34. The molecule has 1 aliphatic heterocycles. The molecule has 0 radical (unpaired) electrons. The molecular weight excluding hydrogens is 504 g/mol. The van der Waals surface area contributed by atoms with Gasteiger partial charge in [-0.3, -0.25) is 4.79 Å².